The van der Waals surface area contributed by atoms with E-state index in [9.17, 15) is 14.4 Å². The van der Waals surface area contributed by atoms with Gasteiger partial charge in [0, 0.05) is 19.1 Å². The Labute approximate surface area is 153 Å². The Morgan fingerprint density at radius 3 is 2.15 bits per heavy atom. The van der Waals surface area contributed by atoms with Crippen LogP contribution in [0.4, 0.5) is 0 Å². The summed E-state index contributed by atoms with van der Waals surface area (Å²) in [5.74, 6) is -0.812. The van der Waals surface area contributed by atoms with E-state index < -0.39 is 24.0 Å². The molecule has 3 N–H and O–H groups in total. The Kier molecular flexibility index (Phi) is 8.05. The van der Waals surface area contributed by atoms with Crippen molar-refractivity contribution in [2.75, 3.05) is 21.3 Å². The van der Waals surface area contributed by atoms with E-state index >= 15 is 0 Å². The summed E-state index contributed by atoms with van der Waals surface area (Å²) in [6.45, 7) is 3.51. The van der Waals surface area contributed by atoms with Gasteiger partial charge in [-0.15, -0.1) is 0 Å². The highest BCUT2D eigenvalue weighted by Crippen LogP contribution is 2.28. The zero-order chi connectivity index (χ0) is 19.9. The van der Waals surface area contributed by atoms with E-state index in [0.717, 1.165) is 0 Å². The molecule has 0 aliphatic rings. The Bertz CT molecular complexity index is 659. The molecule has 8 nitrogen and oxygen atoms in total. The number of hydrogen-bond acceptors (Lipinski definition) is 6. The molecule has 0 spiro atoms. The van der Waals surface area contributed by atoms with Crippen LogP contribution in [0.2, 0.25) is 0 Å². The largest absolute Gasteiger partial charge is 0.493 e. The molecular weight excluding hydrogens is 340 g/mol. The smallest absolute Gasteiger partial charge is 0.250 e. The van der Waals surface area contributed by atoms with Crippen molar-refractivity contribution in [1.82, 2.24) is 5.32 Å². The summed E-state index contributed by atoms with van der Waals surface area (Å²) in [6, 6.07) is 3.88. The van der Waals surface area contributed by atoms with E-state index in [0.29, 0.717) is 17.1 Å². The standard InChI is InChI=1S/C18H26N2O6/c1-10(2)16(17(19)22)20-18(23)15(26-5)9-12(21)11-6-7-13(24-3)14(8-11)25-4/h6-8,10,15-16H,9H2,1-5H3,(H2,19,22)(H,20,23). The van der Waals surface area contributed by atoms with E-state index in [-0.39, 0.29) is 18.1 Å². The number of amides is 2. The van der Waals surface area contributed by atoms with Gasteiger partial charge in [0.15, 0.2) is 17.3 Å². The SMILES string of the molecule is COc1ccc(C(=O)CC(OC)C(=O)NC(C(N)=O)C(C)C)cc1OC. The molecule has 8 heteroatoms. The predicted octanol–water partition coefficient (Wildman–Crippen LogP) is 0.918. The molecule has 26 heavy (non-hydrogen) atoms. The summed E-state index contributed by atoms with van der Waals surface area (Å²) in [6.07, 6.45) is -1.24. The highest BCUT2D eigenvalue weighted by molar-refractivity contribution is 6.00. The first-order valence-electron chi connectivity index (χ1n) is 8.12. The minimum Gasteiger partial charge on any atom is -0.493 e. The number of ether oxygens (including phenoxy) is 3. The number of rotatable bonds is 10. The van der Waals surface area contributed by atoms with Crippen molar-refractivity contribution in [3.8, 4) is 11.5 Å². The summed E-state index contributed by atoms with van der Waals surface area (Å²) in [7, 11) is 4.28. The summed E-state index contributed by atoms with van der Waals surface area (Å²) in [4.78, 5) is 36.3. The van der Waals surface area contributed by atoms with Crippen LogP contribution in [0.3, 0.4) is 0 Å². The lowest BCUT2D eigenvalue weighted by Crippen LogP contribution is -2.51. The van der Waals surface area contributed by atoms with E-state index in [1.165, 1.54) is 27.4 Å². The molecule has 0 aliphatic heterocycles. The molecule has 144 valence electrons. The van der Waals surface area contributed by atoms with E-state index in [2.05, 4.69) is 5.32 Å². The molecule has 0 aromatic heterocycles. The third-order valence-electron chi connectivity index (χ3n) is 3.92. The average molecular weight is 366 g/mol. The second-order valence-electron chi connectivity index (χ2n) is 6.05. The topological polar surface area (TPSA) is 117 Å². The van der Waals surface area contributed by atoms with Crippen LogP contribution in [0.1, 0.15) is 30.6 Å². The number of primary amides is 1. The van der Waals surface area contributed by atoms with Gasteiger partial charge in [0.1, 0.15) is 12.1 Å². The first-order chi connectivity index (χ1) is 12.2. The van der Waals surface area contributed by atoms with Gasteiger partial charge < -0.3 is 25.3 Å². The second-order valence-corrected chi connectivity index (χ2v) is 6.05. The third kappa shape index (κ3) is 5.45. The lowest BCUT2D eigenvalue weighted by molar-refractivity contribution is -0.135. The van der Waals surface area contributed by atoms with Crippen molar-refractivity contribution in [3.05, 3.63) is 23.8 Å². The number of carbonyl (C=O) groups excluding carboxylic acids is 3. The van der Waals surface area contributed by atoms with Gasteiger partial charge >= 0.3 is 0 Å². The maximum Gasteiger partial charge on any atom is 0.250 e. The van der Waals surface area contributed by atoms with Crippen LogP contribution < -0.4 is 20.5 Å². The van der Waals surface area contributed by atoms with Crippen LogP contribution in [0, 0.1) is 5.92 Å². The van der Waals surface area contributed by atoms with Crippen LogP contribution >= 0.6 is 0 Å². The lowest BCUT2D eigenvalue weighted by atomic mass is 10.0. The Balaban J connectivity index is 2.88. The van der Waals surface area contributed by atoms with Crippen molar-refractivity contribution >= 4 is 17.6 Å². The van der Waals surface area contributed by atoms with Gasteiger partial charge in [-0.2, -0.15) is 0 Å². The molecule has 0 bridgehead atoms. The molecule has 1 aromatic rings. The predicted molar refractivity (Wildman–Crippen MR) is 95.3 cm³/mol. The summed E-state index contributed by atoms with van der Waals surface area (Å²) in [5.41, 5.74) is 5.65. The number of Topliss-reactive ketones (excluding diaryl/α,β-unsaturated/α-hetero) is 1. The van der Waals surface area contributed by atoms with Gasteiger partial charge in [-0.3, -0.25) is 14.4 Å². The minimum absolute atomic E-state index is 0.185. The van der Waals surface area contributed by atoms with Crippen molar-refractivity contribution in [3.63, 3.8) is 0 Å². The fourth-order valence-corrected chi connectivity index (χ4v) is 2.39. The monoisotopic (exact) mass is 366 g/mol. The van der Waals surface area contributed by atoms with Crippen molar-refractivity contribution in [2.24, 2.45) is 11.7 Å². The molecule has 0 saturated carbocycles. The molecule has 0 heterocycles. The first kappa shape index (κ1) is 21.4. The number of benzene rings is 1. The van der Waals surface area contributed by atoms with Crippen molar-refractivity contribution < 1.29 is 28.6 Å². The second kappa shape index (κ2) is 9.76. The van der Waals surface area contributed by atoms with Crippen LogP contribution in [0.5, 0.6) is 11.5 Å². The Hall–Kier alpha value is -2.61. The van der Waals surface area contributed by atoms with Gasteiger partial charge in [0.05, 0.1) is 14.2 Å². The molecule has 0 saturated heterocycles. The van der Waals surface area contributed by atoms with Crippen molar-refractivity contribution in [2.45, 2.75) is 32.4 Å². The normalized spacial score (nSPS) is 13.0. The van der Waals surface area contributed by atoms with Crippen LogP contribution in [0.15, 0.2) is 18.2 Å². The number of methoxy groups -OCH3 is 3. The van der Waals surface area contributed by atoms with Crippen molar-refractivity contribution in [1.29, 1.82) is 0 Å². The molecule has 0 radical (unpaired) electrons. The van der Waals surface area contributed by atoms with Gasteiger partial charge in [-0.1, -0.05) is 13.8 Å². The maximum atomic E-state index is 12.5. The summed E-state index contributed by atoms with van der Waals surface area (Å²) >= 11 is 0. The molecule has 2 unspecified atom stereocenters. The number of carbonyl (C=O) groups is 3. The molecule has 2 atom stereocenters. The van der Waals surface area contributed by atoms with Gasteiger partial charge in [-0.05, 0) is 24.1 Å². The first-order valence-corrected chi connectivity index (χ1v) is 8.12. The number of nitrogens with one attached hydrogen (secondary N) is 1. The van der Waals surface area contributed by atoms with Gasteiger partial charge in [-0.25, -0.2) is 0 Å². The van der Waals surface area contributed by atoms with Crippen LogP contribution in [-0.2, 0) is 14.3 Å². The fraction of sp³-hybridized carbons (Fsp3) is 0.500. The number of ketones is 1. The lowest BCUT2D eigenvalue weighted by Gasteiger charge is -2.22. The van der Waals surface area contributed by atoms with Crippen LogP contribution in [-0.4, -0.2) is 51.1 Å². The maximum absolute atomic E-state index is 12.5. The summed E-state index contributed by atoms with van der Waals surface area (Å²) in [5, 5.41) is 2.53. The highest BCUT2D eigenvalue weighted by atomic mass is 16.5. The third-order valence-corrected chi connectivity index (χ3v) is 3.92. The molecule has 0 aliphatic carbocycles. The Morgan fingerprint density at radius 2 is 1.69 bits per heavy atom. The number of hydrogen-bond donors (Lipinski definition) is 2. The molecule has 2 amide bonds. The minimum atomic E-state index is -1.05. The van der Waals surface area contributed by atoms with Crippen LogP contribution in [0.25, 0.3) is 0 Å². The van der Waals surface area contributed by atoms with E-state index in [1.54, 1.807) is 26.0 Å². The number of nitrogens with two attached hydrogens (primary N) is 1. The zero-order valence-electron chi connectivity index (χ0n) is 15.7. The summed E-state index contributed by atoms with van der Waals surface area (Å²) < 4.78 is 15.4. The fourth-order valence-electron chi connectivity index (χ4n) is 2.39. The highest BCUT2D eigenvalue weighted by Gasteiger charge is 2.28. The average Bonchev–Trinajstić information content (AvgIpc) is 2.62. The van der Waals surface area contributed by atoms with E-state index in [4.69, 9.17) is 19.9 Å². The van der Waals surface area contributed by atoms with E-state index in [1.807, 2.05) is 0 Å². The van der Waals surface area contributed by atoms with Gasteiger partial charge in [0.25, 0.3) is 0 Å². The molecule has 1 aromatic carbocycles. The zero-order valence-corrected chi connectivity index (χ0v) is 15.7. The van der Waals surface area contributed by atoms with Gasteiger partial charge in [0.2, 0.25) is 11.8 Å². The molecule has 1 rings (SSSR count). The quantitative estimate of drug-likeness (QED) is 0.595. The Morgan fingerprint density at radius 1 is 1.08 bits per heavy atom. The molecular formula is C18H26N2O6. The molecule has 0 fully saturated rings.